The molecule has 0 spiro atoms. The van der Waals surface area contributed by atoms with Crippen molar-refractivity contribution in [2.75, 3.05) is 5.32 Å². The van der Waals surface area contributed by atoms with E-state index in [1.807, 2.05) is 23.8 Å². The standard InChI is InChI=1S/C10H11N3OS2/c1-2-9-12-13-10(16-9)11-8(14)5-7-3-4-15-6-7/h3-4,6H,2,5H2,1H3,(H,11,13,14). The molecule has 0 fully saturated rings. The number of carbonyl (C=O) groups excluding carboxylic acids is 1. The number of thiophene rings is 1. The Labute approximate surface area is 101 Å². The number of rotatable bonds is 4. The quantitative estimate of drug-likeness (QED) is 0.910. The summed E-state index contributed by atoms with van der Waals surface area (Å²) in [5, 5.41) is 16.0. The van der Waals surface area contributed by atoms with Crippen molar-refractivity contribution in [3.63, 3.8) is 0 Å². The zero-order chi connectivity index (χ0) is 11.4. The summed E-state index contributed by atoms with van der Waals surface area (Å²) in [7, 11) is 0. The van der Waals surface area contributed by atoms with Crippen LogP contribution in [0.25, 0.3) is 0 Å². The fourth-order valence-corrected chi connectivity index (χ4v) is 2.55. The molecule has 16 heavy (non-hydrogen) atoms. The molecule has 1 N–H and O–H groups in total. The van der Waals surface area contributed by atoms with Gasteiger partial charge >= 0.3 is 0 Å². The summed E-state index contributed by atoms with van der Waals surface area (Å²) in [6, 6.07) is 1.95. The average Bonchev–Trinajstić information content (AvgIpc) is 2.89. The molecule has 0 aromatic carbocycles. The maximum atomic E-state index is 11.6. The first-order valence-corrected chi connectivity index (χ1v) is 6.67. The lowest BCUT2D eigenvalue weighted by Crippen LogP contribution is -2.13. The second-order valence-electron chi connectivity index (χ2n) is 3.21. The van der Waals surface area contributed by atoms with E-state index >= 15 is 0 Å². The highest BCUT2D eigenvalue weighted by atomic mass is 32.1. The normalized spacial score (nSPS) is 10.3. The molecule has 0 aliphatic heterocycles. The Morgan fingerprint density at radius 3 is 3.00 bits per heavy atom. The van der Waals surface area contributed by atoms with Gasteiger partial charge in [0.15, 0.2) is 0 Å². The molecule has 0 atom stereocenters. The number of hydrogen-bond acceptors (Lipinski definition) is 5. The Kier molecular flexibility index (Phi) is 3.63. The first-order valence-electron chi connectivity index (χ1n) is 4.91. The predicted octanol–water partition coefficient (Wildman–Crippen LogP) is 2.34. The molecule has 2 aromatic heterocycles. The summed E-state index contributed by atoms with van der Waals surface area (Å²) in [6.45, 7) is 2.01. The minimum Gasteiger partial charge on any atom is -0.300 e. The van der Waals surface area contributed by atoms with Gasteiger partial charge in [-0.1, -0.05) is 18.3 Å². The molecule has 0 saturated carbocycles. The number of anilines is 1. The summed E-state index contributed by atoms with van der Waals surface area (Å²) in [6.07, 6.45) is 1.24. The number of hydrogen-bond donors (Lipinski definition) is 1. The van der Waals surface area contributed by atoms with Crippen molar-refractivity contribution in [2.24, 2.45) is 0 Å². The molecule has 1 amide bonds. The zero-order valence-electron chi connectivity index (χ0n) is 8.77. The minimum absolute atomic E-state index is 0.0443. The van der Waals surface area contributed by atoms with Crippen LogP contribution in [0.2, 0.25) is 0 Å². The Bertz CT molecular complexity index is 464. The van der Waals surface area contributed by atoms with Crippen LogP contribution in [0.3, 0.4) is 0 Å². The van der Waals surface area contributed by atoms with Crippen LogP contribution >= 0.6 is 22.7 Å². The monoisotopic (exact) mass is 253 g/mol. The minimum atomic E-state index is -0.0443. The molecule has 0 saturated heterocycles. The third-order valence-electron chi connectivity index (χ3n) is 1.96. The van der Waals surface area contributed by atoms with Gasteiger partial charge in [0.25, 0.3) is 0 Å². The van der Waals surface area contributed by atoms with Crippen LogP contribution in [0, 0.1) is 0 Å². The van der Waals surface area contributed by atoms with Crippen molar-refractivity contribution in [3.8, 4) is 0 Å². The van der Waals surface area contributed by atoms with Crippen molar-refractivity contribution in [1.82, 2.24) is 10.2 Å². The SMILES string of the molecule is CCc1nnc(NC(=O)Cc2ccsc2)s1. The second kappa shape index (κ2) is 5.18. The lowest BCUT2D eigenvalue weighted by molar-refractivity contribution is -0.115. The first kappa shape index (κ1) is 11.2. The van der Waals surface area contributed by atoms with Crippen LogP contribution in [0.4, 0.5) is 5.13 Å². The summed E-state index contributed by atoms with van der Waals surface area (Å²) < 4.78 is 0. The van der Waals surface area contributed by atoms with E-state index in [1.54, 1.807) is 11.3 Å². The summed E-state index contributed by atoms with van der Waals surface area (Å²) >= 11 is 3.01. The van der Waals surface area contributed by atoms with Gasteiger partial charge in [0.05, 0.1) is 6.42 Å². The van der Waals surface area contributed by atoms with E-state index in [1.165, 1.54) is 11.3 Å². The Morgan fingerprint density at radius 1 is 1.50 bits per heavy atom. The maximum Gasteiger partial charge on any atom is 0.230 e. The van der Waals surface area contributed by atoms with E-state index in [9.17, 15) is 4.79 Å². The van der Waals surface area contributed by atoms with Crippen LogP contribution in [-0.2, 0) is 17.6 Å². The van der Waals surface area contributed by atoms with Gasteiger partial charge < -0.3 is 5.32 Å². The molecular formula is C10H11N3OS2. The molecule has 6 heteroatoms. The third-order valence-corrected chi connectivity index (χ3v) is 3.68. The summed E-state index contributed by atoms with van der Waals surface area (Å²) in [4.78, 5) is 11.6. The highest BCUT2D eigenvalue weighted by Gasteiger charge is 2.08. The van der Waals surface area contributed by atoms with E-state index in [4.69, 9.17) is 0 Å². The summed E-state index contributed by atoms with van der Waals surface area (Å²) in [5.41, 5.74) is 1.03. The maximum absolute atomic E-state index is 11.6. The van der Waals surface area contributed by atoms with Gasteiger partial charge in [0.2, 0.25) is 11.0 Å². The fraction of sp³-hybridized carbons (Fsp3) is 0.300. The van der Waals surface area contributed by atoms with Crippen LogP contribution in [0.1, 0.15) is 17.5 Å². The van der Waals surface area contributed by atoms with Gasteiger partial charge in [-0.15, -0.1) is 10.2 Å². The van der Waals surface area contributed by atoms with Crippen LogP contribution < -0.4 is 5.32 Å². The van der Waals surface area contributed by atoms with Crippen LogP contribution in [-0.4, -0.2) is 16.1 Å². The number of aryl methyl sites for hydroxylation is 1. The molecule has 2 heterocycles. The number of carbonyl (C=O) groups is 1. The van der Waals surface area contributed by atoms with Gasteiger partial charge in [0, 0.05) is 0 Å². The molecular weight excluding hydrogens is 242 g/mol. The van der Waals surface area contributed by atoms with E-state index in [-0.39, 0.29) is 5.91 Å². The topological polar surface area (TPSA) is 54.9 Å². The highest BCUT2D eigenvalue weighted by Crippen LogP contribution is 2.16. The van der Waals surface area contributed by atoms with Crippen molar-refractivity contribution in [2.45, 2.75) is 19.8 Å². The van der Waals surface area contributed by atoms with E-state index in [0.717, 1.165) is 17.0 Å². The first-order chi connectivity index (χ1) is 7.78. The number of aromatic nitrogens is 2. The third kappa shape index (κ3) is 2.86. The van der Waals surface area contributed by atoms with E-state index in [2.05, 4.69) is 15.5 Å². The second-order valence-corrected chi connectivity index (χ2v) is 5.05. The van der Waals surface area contributed by atoms with Crippen molar-refractivity contribution in [1.29, 1.82) is 0 Å². The molecule has 2 rings (SSSR count). The Balaban J connectivity index is 1.92. The highest BCUT2D eigenvalue weighted by molar-refractivity contribution is 7.15. The van der Waals surface area contributed by atoms with Crippen molar-refractivity contribution < 1.29 is 4.79 Å². The predicted molar refractivity (Wildman–Crippen MR) is 65.9 cm³/mol. The lowest BCUT2D eigenvalue weighted by Gasteiger charge is -1.98. The van der Waals surface area contributed by atoms with Crippen molar-refractivity contribution in [3.05, 3.63) is 27.4 Å². The van der Waals surface area contributed by atoms with E-state index in [0.29, 0.717) is 11.6 Å². The van der Waals surface area contributed by atoms with Crippen LogP contribution in [0.5, 0.6) is 0 Å². The summed E-state index contributed by atoms with van der Waals surface area (Å²) in [5.74, 6) is -0.0443. The molecule has 2 aromatic rings. The fourth-order valence-electron chi connectivity index (χ4n) is 1.19. The zero-order valence-corrected chi connectivity index (χ0v) is 10.4. The largest absolute Gasteiger partial charge is 0.300 e. The van der Waals surface area contributed by atoms with Gasteiger partial charge in [-0.05, 0) is 28.8 Å². The van der Waals surface area contributed by atoms with Gasteiger partial charge in [0.1, 0.15) is 5.01 Å². The molecule has 4 nitrogen and oxygen atoms in total. The number of nitrogens with zero attached hydrogens (tertiary/aromatic N) is 2. The van der Waals surface area contributed by atoms with Gasteiger partial charge in [-0.25, -0.2) is 0 Å². The smallest absolute Gasteiger partial charge is 0.230 e. The van der Waals surface area contributed by atoms with E-state index < -0.39 is 0 Å². The molecule has 0 aliphatic carbocycles. The molecule has 84 valence electrons. The molecule has 0 radical (unpaired) electrons. The van der Waals surface area contributed by atoms with Gasteiger partial charge in [-0.3, -0.25) is 4.79 Å². The van der Waals surface area contributed by atoms with Crippen molar-refractivity contribution >= 4 is 33.7 Å². The Hall–Kier alpha value is -1.27. The number of nitrogens with one attached hydrogen (secondary N) is 1. The van der Waals surface area contributed by atoms with Crippen LogP contribution in [0.15, 0.2) is 16.8 Å². The molecule has 0 bridgehead atoms. The molecule has 0 aliphatic rings. The van der Waals surface area contributed by atoms with Gasteiger partial charge in [-0.2, -0.15) is 11.3 Å². The Morgan fingerprint density at radius 2 is 2.38 bits per heavy atom. The average molecular weight is 253 g/mol. The molecule has 0 unspecified atom stereocenters. The number of amides is 1. The lowest BCUT2D eigenvalue weighted by atomic mass is 10.2.